The number of esters is 2. The predicted octanol–water partition coefficient (Wildman–Crippen LogP) is -1.16. The van der Waals surface area contributed by atoms with E-state index in [0.29, 0.717) is 5.56 Å². The quantitative estimate of drug-likeness (QED) is 0.0430. The molecule has 8 rings (SSSR count). The number of phenolic OH excluding ortho intramolecular Hbond substituents is 4. The lowest BCUT2D eigenvalue weighted by Gasteiger charge is -2.46. The molecule has 3 aromatic carbocycles. The molecule has 1 aliphatic carbocycles. The van der Waals surface area contributed by atoms with Crippen LogP contribution in [0.25, 0.3) is 17.9 Å². The Morgan fingerprint density at radius 1 is 0.590 bits per heavy atom. The Bertz CT molecular complexity index is 2820. The van der Waals surface area contributed by atoms with Gasteiger partial charge in [-0.25, -0.2) is 9.59 Å². The zero-order valence-electron chi connectivity index (χ0n) is 40.8. The minimum Gasteiger partial charge on any atom is -0.508 e. The van der Waals surface area contributed by atoms with Crippen molar-refractivity contribution in [1.29, 1.82) is 0 Å². The third kappa shape index (κ3) is 12.8. The van der Waals surface area contributed by atoms with Crippen molar-refractivity contribution in [3.8, 4) is 28.7 Å². The van der Waals surface area contributed by atoms with E-state index < -0.39 is 147 Å². The van der Waals surface area contributed by atoms with E-state index in [4.69, 9.17) is 47.4 Å². The van der Waals surface area contributed by atoms with Crippen LogP contribution in [0.2, 0.25) is 0 Å². The minimum absolute atomic E-state index is 0.00790. The van der Waals surface area contributed by atoms with Gasteiger partial charge in [-0.1, -0.05) is 12.1 Å². The molecule has 3 saturated heterocycles. The van der Waals surface area contributed by atoms with Crippen LogP contribution < -0.4 is 4.74 Å². The van der Waals surface area contributed by atoms with Gasteiger partial charge >= 0.3 is 11.9 Å². The van der Waals surface area contributed by atoms with Crippen molar-refractivity contribution in [1.82, 2.24) is 0 Å². The lowest BCUT2D eigenvalue weighted by Crippen LogP contribution is -2.64. The average Bonchev–Trinajstić information content (AvgIpc) is 3.48. The van der Waals surface area contributed by atoms with Gasteiger partial charge in [0, 0.05) is 35.4 Å². The summed E-state index contributed by atoms with van der Waals surface area (Å²) in [6.07, 6.45) is -21.5. The third-order valence-electron chi connectivity index (χ3n) is 12.8. The zero-order valence-corrected chi connectivity index (χ0v) is 40.8. The Morgan fingerprint density at radius 2 is 1.15 bits per heavy atom. The van der Waals surface area contributed by atoms with Gasteiger partial charge in [-0.15, -0.1) is 0 Å². The van der Waals surface area contributed by atoms with Crippen molar-refractivity contribution in [2.75, 3.05) is 26.9 Å². The molecule has 0 radical (unpaired) electrons. The van der Waals surface area contributed by atoms with Crippen LogP contribution in [-0.4, -0.2) is 209 Å². The summed E-state index contributed by atoms with van der Waals surface area (Å²) in [5.41, 5.74) is 0.907. The number of aromatic hydroxyl groups is 4. The van der Waals surface area contributed by atoms with Gasteiger partial charge in [0.05, 0.1) is 13.7 Å². The lowest BCUT2D eigenvalue weighted by molar-refractivity contribution is -0.363. The summed E-state index contributed by atoms with van der Waals surface area (Å²) < 4.78 is 58.0. The van der Waals surface area contributed by atoms with Gasteiger partial charge in [0.2, 0.25) is 12.6 Å². The van der Waals surface area contributed by atoms with Crippen molar-refractivity contribution < 1.29 is 128 Å². The van der Waals surface area contributed by atoms with Gasteiger partial charge in [0.1, 0.15) is 104 Å². The molecule has 5 aliphatic rings. The van der Waals surface area contributed by atoms with Crippen molar-refractivity contribution in [2.24, 2.45) is 0 Å². The van der Waals surface area contributed by atoms with Gasteiger partial charge in [-0.05, 0) is 77.9 Å². The monoisotopic (exact) mass is 1100 g/mol. The second kappa shape index (κ2) is 24.6. The number of rotatable bonds is 17. The number of allylic oxidation sites excluding steroid dienone is 2. The Kier molecular flexibility index (Phi) is 17.9. The van der Waals surface area contributed by atoms with Gasteiger partial charge in [0.25, 0.3) is 0 Å². The number of aliphatic hydroxyl groups is 10. The second-order valence-corrected chi connectivity index (χ2v) is 18.2. The SMILES string of the molecule is COc1cc(/C=C/C(=O)OC[C@H]2O[C@@H](O[C@H]3[C@H](OC4=C(c5ccc(O)cc5)OC5C=C(O)C=C(O[C@@H]6O[C@H](CO)[C@@H](O)[C@H](O)[C@H]6O)C5=C4)O[C@H](COC(=O)/C=C/c4ccc(O)c(O)c4)[C@@H](O)[C@@H]3O)[C@H](O)[C@@H](O)[C@@H]2O)ccc1O. The number of fused-ring (bicyclic) bond motifs is 1. The fourth-order valence-corrected chi connectivity index (χ4v) is 8.52. The van der Waals surface area contributed by atoms with Crippen LogP contribution in [0.15, 0.2) is 114 Å². The highest BCUT2D eigenvalue weighted by Crippen LogP contribution is 2.41. The summed E-state index contributed by atoms with van der Waals surface area (Å²) >= 11 is 0. The van der Waals surface area contributed by atoms with E-state index in [0.717, 1.165) is 24.3 Å². The molecule has 0 bridgehead atoms. The van der Waals surface area contributed by atoms with Gasteiger partial charge in [-0.2, -0.15) is 0 Å². The van der Waals surface area contributed by atoms with Crippen LogP contribution in [0.3, 0.4) is 0 Å². The molecule has 0 spiro atoms. The number of methoxy groups -OCH3 is 1. The molecule has 420 valence electrons. The molecule has 4 heterocycles. The van der Waals surface area contributed by atoms with Crippen molar-refractivity contribution in [2.45, 2.75) is 98.2 Å². The number of hydrogen-bond acceptors (Lipinski definition) is 26. The Balaban J connectivity index is 1.09. The molecule has 78 heavy (non-hydrogen) atoms. The van der Waals surface area contributed by atoms with Gasteiger partial charge in [0.15, 0.2) is 46.9 Å². The van der Waals surface area contributed by atoms with Crippen LogP contribution >= 0.6 is 0 Å². The first-order chi connectivity index (χ1) is 37.2. The first-order valence-corrected chi connectivity index (χ1v) is 23.9. The highest BCUT2D eigenvalue weighted by atomic mass is 16.8. The molecule has 0 saturated carbocycles. The maximum Gasteiger partial charge on any atom is 0.330 e. The molecule has 26 heteroatoms. The standard InChI is InChI=1S/C52H56O26/c1-69-33-15-23(3-11-29(33)57)5-13-39(60)70-20-36-41(62)44(65)47(68)51(76-36)78-49-45(66)42(63)37(21-71-38(59)12-4-22-2-10-28(56)30(58)14-22)77-52(49)74-34-18-27-31(72-48(34)24-6-8-25(54)9-7-24)16-26(55)17-32(27)73-50-46(67)43(64)40(61)35(19-53)75-50/h2-18,31,35-37,40-47,49-58,61-68H,19-21H2,1H3/b12-4+,13-5+/t31?,35-,36-,37-,40-,41-,42-,43+,44+,45+,46-,47-,49-,50-,51+,52-/m1/s1. The van der Waals surface area contributed by atoms with Crippen LogP contribution in [0, 0.1) is 0 Å². The summed E-state index contributed by atoms with van der Waals surface area (Å²) in [6, 6.07) is 13.3. The van der Waals surface area contributed by atoms with Crippen LogP contribution in [-0.2, 0) is 52.2 Å². The molecule has 0 amide bonds. The summed E-state index contributed by atoms with van der Waals surface area (Å²) in [4.78, 5) is 25.8. The summed E-state index contributed by atoms with van der Waals surface area (Å²) in [5.74, 6) is -4.27. The number of phenols is 4. The van der Waals surface area contributed by atoms with E-state index >= 15 is 0 Å². The molecule has 0 aromatic heterocycles. The maximum atomic E-state index is 13.0. The van der Waals surface area contributed by atoms with Crippen LogP contribution in [0.5, 0.6) is 28.7 Å². The molecule has 26 nitrogen and oxygen atoms in total. The van der Waals surface area contributed by atoms with Crippen LogP contribution in [0.1, 0.15) is 16.7 Å². The molecule has 14 N–H and O–H groups in total. The first kappa shape index (κ1) is 56.9. The number of carbonyl (C=O) groups excluding carboxylic acids is 2. The molecule has 1 unspecified atom stereocenters. The Morgan fingerprint density at radius 3 is 1.77 bits per heavy atom. The number of carbonyl (C=O) groups is 2. The summed E-state index contributed by atoms with van der Waals surface area (Å²) in [7, 11) is 1.33. The molecular weight excluding hydrogens is 1040 g/mol. The van der Waals surface area contributed by atoms with E-state index in [1.54, 1.807) is 0 Å². The predicted molar refractivity (Wildman–Crippen MR) is 259 cm³/mol. The minimum atomic E-state index is -2.13. The summed E-state index contributed by atoms with van der Waals surface area (Å²) in [6.45, 7) is -2.35. The van der Waals surface area contributed by atoms with E-state index in [1.807, 2.05) is 0 Å². The highest BCUT2D eigenvalue weighted by Gasteiger charge is 2.53. The molecule has 3 aromatic rings. The van der Waals surface area contributed by atoms with Crippen molar-refractivity contribution in [3.63, 3.8) is 0 Å². The molecule has 4 aliphatic heterocycles. The normalized spacial score (nSPS) is 32.1. The van der Waals surface area contributed by atoms with Crippen molar-refractivity contribution in [3.05, 3.63) is 131 Å². The second-order valence-electron chi connectivity index (χ2n) is 18.2. The first-order valence-electron chi connectivity index (χ1n) is 23.9. The van der Waals surface area contributed by atoms with Crippen molar-refractivity contribution >= 4 is 29.8 Å². The highest BCUT2D eigenvalue weighted by molar-refractivity contribution is 5.87. The Labute approximate surface area is 441 Å². The summed E-state index contributed by atoms with van der Waals surface area (Å²) in [5, 5.41) is 149. The maximum absolute atomic E-state index is 13.0. The van der Waals surface area contributed by atoms with Gasteiger partial charge < -0.3 is 119 Å². The number of ether oxygens (including phenoxy) is 10. The molecular formula is C52H56O26. The van der Waals surface area contributed by atoms with E-state index in [9.17, 15) is 81.1 Å². The van der Waals surface area contributed by atoms with Crippen LogP contribution in [0.4, 0.5) is 0 Å². The average molecular weight is 1100 g/mol. The Hall–Kier alpha value is -7.28. The smallest absolute Gasteiger partial charge is 0.330 e. The fourth-order valence-electron chi connectivity index (χ4n) is 8.52. The van der Waals surface area contributed by atoms with Gasteiger partial charge in [-0.3, -0.25) is 0 Å². The molecule has 3 fully saturated rings. The van der Waals surface area contributed by atoms with E-state index in [-0.39, 0.29) is 51.2 Å². The number of hydrogen-bond donors (Lipinski definition) is 14. The largest absolute Gasteiger partial charge is 0.508 e. The van der Waals surface area contributed by atoms with E-state index in [1.165, 1.54) is 86.0 Å². The topological polar surface area (TPSA) is 410 Å². The third-order valence-corrected chi connectivity index (χ3v) is 12.8. The molecule has 16 atom stereocenters. The number of benzene rings is 3. The zero-order chi connectivity index (χ0) is 56.1. The lowest BCUT2D eigenvalue weighted by atomic mass is 9.96. The fraction of sp³-hybridized carbons (Fsp3) is 0.385. The van der Waals surface area contributed by atoms with E-state index in [2.05, 4.69) is 0 Å². The number of aliphatic hydroxyl groups excluding tert-OH is 10.